The molecule has 2 aliphatic rings. The van der Waals surface area contributed by atoms with E-state index in [0.717, 1.165) is 0 Å². The van der Waals surface area contributed by atoms with E-state index in [2.05, 4.69) is 100 Å². The first-order chi connectivity index (χ1) is 11.2. The second-order valence-corrected chi connectivity index (χ2v) is 7.35. The van der Waals surface area contributed by atoms with Crippen LogP contribution in [-0.4, -0.2) is 76.0 Å². The first kappa shape index (κ1) is 16.5. The van der Waals surface area contributed by atoms with E-state index in [1.807, 2.05) is 0 Å². The molecule has 0 saturated heterocycles. The van der Waals surface area contributed by atoms with Crippen molar-refractivity contribution in [3.63, 3.8) is 0 Å². The van der Waals surface area contributed by atoms with Gasteiger partial charge in [-0.2, -0.15) is 0 Å². The Bertz CT molecular complexity index is 794. The standard InChI is InChI=1S/C20H28N4/c1-21(2)17-11-18(22(3)4)14-10-16-15(9-13(14)17)19(23(5)6)12-20(16)24(7)8/h9-12H,1-8H3. The Kier molecular flexibility index (Phi) is 3.86. The molecule has 0 aromatic heterocycles. The minimum absolute atomic E-state index is 1.27. The molecular formula is C20H28N4. The van der Waals surface area contributed by atoms with Crippen LogP contribution in [0.2, 0.25) is 0 Å². The average Bonchev–Trinajstić information content (AvgIpc) is 3.02. The summed E-state index contributed by atoms with van der Waals surface area (Å²) in [6.07, 6.45) is 4.57. The molecule has 0 spiro atoms. The molecule has 0 fully saturated rings. The van der Waals surface area contributed by atoms with Gasteiger partial charge in [-0.15, -0.1) is 0 Å². The molecular weight excluding hydrogens is 296 g/mol. The second kappa shape index (κ2) is 5.62. The van der Waals surface area contributed by atoms with E-state index in [4.69, 9.17) is 0 Å². The van der Waals surface area contributed by atoms with E-state index >= 15 is 0 Å². The summed E-state index contributed by atoms with van der Waals surface area (Å²) >= 11 is 0. The molecule has 4 heteroatoms. The zero-order valence-corrected chi connectivity index (χ0v) is 16.1. The predicted octanol–water partition coefficient (Wildman–Crippen LogP) is 0.858. The number of rotatable bonds is 4. The zero-order chi connectivity index (χ0) is 17.8. The number of nitrogens with zero attached hydrogens (tertiary/aromatic N) is 4. The molecule has 0 bridgehead atoms. The molecule has 3 rings (SSSR count). The maximum atomic E-state index is 2.36. The van der Waals surface area contributed by atoms with Gasteiger partial charge in [0.2, 0.25) is 0 Å². The van der Waals surface area contributed by atoms with Gasteiger partial charge in [0.25, 0.3) is 0 Å². The van der Waals surface area contributed by atoms with Gasteiger partial charge in [-0.1, -0.05) is 0 Å². The molecule has 0 radical (unpaired) electrons. The van der Waals surface area contributed by atoms with Crippen molar-refractivity contribution in [1.29, 1.82) is 0 Å². The maximum absolute atomic E-state index is 2.36. The maximum Gasteiger partial charge on any atom is 0.0462 e. The Morgan fingerprint density at radius 1 is 0.500 bits per heavy atom. The van der Waals surface area contributed by atoms with Gasteiger partial charge in [0.1, 0.15) is 0 Å². The van der Waals surface area contributed by atoms with Crippen molar-refractivity contribution in [3.05, 3.63) is 45.8 Å². The minimum atomic E-state index is 1.27. The summed E-state index contributed by atoms with van der Waals surface area (Å²) < 4.78 is 0. The van der Waals surface area contributed by atoms with Crippen LogP contribution in [0.1, 0.15) is 11.1 Å². The van der Waals surface area contributed by atoms with Gasteiger partial charge < -0.3 is 19.6 Å². The quantitative estimate of drug-likeness (QED) is 0.814. The highest BCUT2D eigenvalue weighted by molar-refractivity contribution is 5.87. The molecule has 128 valence electrons. The van der Waals surface area contributed by atoms with Crippen LogP contribution < -0.4 is 10.4 Å². The lowest BCUT2D eigenvalue weighted by Gasteiger charge is -2.17. The van der Waals surface area contributed by atoms with E-state index < -0.39 is 0 Å². The van der Waals surface area contributed by atoms with Crippen LogP contribution in [0.15, 0.2) is 24.3 Å². The van der Waals surface area contributed by atoms with E-state index in [9.17, 15) is 0 Å². The third-order valence-corrected chi connectivity index (χ3v) is 4.74. The van der Waals surface area contributed by atoms with E-state index in [1.165, 1.54) is 44.4 Å². The van der Waals surface area contributed by atoms with Crippen molar-refractivity contribution >= 4 is 22.8 Å². The molecule has 0 saturated carbocycles. The highest BCUT2D eigenvalue weighted by Gasteiger charge is 2.23. The molecule has 24 heavy (non-hydrogen) atoms. The van der Waals surface area contributed by atoms with Crippen LogP contribution in [0.25, 0.3) is 22.8 Å². The molecule has 0 unspecified atom stereocenters. The lowest BCUT2D eigenvalue weighted by atomic mass is 10.0. The van der Waals surface area contributed by atoms with Gasteiger partial charge in [-0.3, -0.25) is 0 Å². The van der Waals surface area contributed by atoms with Gasteiger partial charge in [0, 0.05) is 101 Å². The summed E-state index contributed by atoms with van der Waals surface area (Å²) in [5.74, 6) is 0. The summed E-state index contributed by atoms with van der Waals surface area (Å²) in [5, 5.41) is 2.63. The summed E-state index contributed by atoms with van der Waals surface area (Å²) in [5.41, 5.74) is 7.71. The summed E-state index contributed by atoms with van der Waals surface area (Å²) in [7, 11) is 16.9. The average molecular weight is 324 g/mol. The van der Waals surface area contributed by atoms with Crippen molar-refractivity contribution in [3.8, 4) is 0 Å². The van der Waals surface area contributed by atoms with Crippen LogP contribution in [0.5, 0.6) is 0 Å². The highest BCUT2D eigenvalue weighted by Crippen LogP contribution is 2.27. The molecule has 1 aromatic carbocycles. The van der Waals surface area contributed by atoms with Crippen molar-refractivity contribution in [2.75, 3.05) is 56.4 Å². The normalized spacial score (nSPS) is 15.0. The number of likely N-dealkylation sites (N-methyl/N-ethyl adjacent to an activating group) is 2. The zero-order valence-electron chi connectivity index (χ0n) is 16.1. The largest absolute Gasteiger partial charge is 0.377 e. The fourth-order valence-electron chi connectivity index (χ4n) is 3.50. The Morgan fingerprint density at radius 2 is 0.833 bits per heavy atom. The van der Waals surface area contributed by atoms with Crippen molar-refractivity contribution in [2.24, 2.45) is 0 Å². The number of hydrogen-bond acceptors (Lipinski definition) is 4. The van der Waals surface area contributed by atoms with E-state index in [-0.39, 0.29) is 0 Å². The lowest BCUT2D eigenvalue weighted by molar-refractivity contribution is 0.583. The van der Waals surface area contributed by atoms with Gasteiger partial charge in [-0.25, -0.2) is 0 Å². The van der Waals surface area contributed by atoms with Gasteiger partial charge in [0.15, 0.2) is 0 Å². The van der Waals surface area contributed by atoms with Crippen LogP contribution in [-0.2, 0) is 0 Å². The van der Waals surface area contributed by atoms with Crippen molar-refractivity contribution < 1.29 is 0 Å². The van der Waals surface area contributed by atoms with E-state index in [1.54, 1.807) is 0 Å². The number of benzene rings is 1. The van der Waals surface area contributed by atoms with Crippen LogP contribution in [0.4, 0.5) is 0 Å². The van der Waals surface area contributed by atoms with Crippen LogP contribution in [0.3, 0.4) is 0 Å². The summed E-state index contributed by atoms with van der Waals surface area (Å²) in [4.78, 5) is 8.80. The smallest absolute Gasteiger partial charge is 0.0462 e. The monoisotopic (exact) mass is 324 g/mol. The molecule has 4 nitrogen and oxygen atoms in total. The predicted molar refractivity (Wildman–Crippen MR) is 103 cm³/mol. The van der Waals surface area contributed by atoms with Gasteiger partial charge in [-0.05, 0) is 24.3 Å². The fourth-order valence-corrected chi connectivity index (χ4v) is 3.50. The topological polar surface area (TPSA) is 13.0 Å². The fraction of sp³-hybridized carbons (Fsp3) is 0.400. The van der Waals surface area contributed by atoms with Crippen LogP contribution in [0, 0.1) is 0 Å². The first-order valence-corrected chi connectivity index (χ1v) is 8.28. The van der Waals surface area contributed by atoms with Gasteiger partial charge in [0.05, 0.1) is 0 Å². The minimum Gasteiger partial charge on any atom is -0.377 e. The Morgan fingerprint density at radius 3 is 1.08 bits per heavy atom. The van der Waals surface area contributed by atoms with Crippen molar-refractivity contribution in [2.45, 2.75) is 0 Å². The Labute approximate surface area is 145 Å². The highest BCUT2D eigenvalue weighted by atomic mass is 15.1. The summed E-state index contributed by atoms with van der Waals surface area (Å²) in [6.45, 7) is 0. The first-order valence-electron chi connectivity index (χ1n) is 8.28. The molecule has 0 atom stereocenters. The number of fused-ring (bicyclic) bond motifs is 2. The molecule has 0 aliphatic heterocycles. The molecule has 0 N–H and O–H groups in total. The van der Waals surface area contributed by atoms with E-state index in [0.29, 0.717) is 0 Å². The third kappa shape index (κ3) is 2.37. The van der Waals surface area contributed by atoms with Crippen molar-refractivity contribution in [1.82, 2.24) is 19.6 Å². The molecule has 1 aromatic rings. The SMILES string of the molecule is CN(C)C1=CC(N(C)C)=c2cc3c(cc21)=C(N(C)C)C=C3N(C)C. The summed E-state index contributed by atoms with van der Waals surface area (Å²) in [6, 6.07) is 4.71. The third-order valence-electron chi connectivity index (χ3n) is 4.74. The van der Waals surface area contributed by atoms with Crippen LogP contribution >= 0.6 is 0 Å². The lowest BCUT2D eigenvalue weighted by Crippen LogP contribution is -2.26. The second-order valence-electron chi connectivity index (χ2n) is 7.35. The Balaban J connectivity index is 2.36. The molecule has 0 amide bonds. The van der Waals surface area contributed by atoms with Gasteiger partial charge >= 0.3 is 0 Å². The number of hydrogen-bond donors (Lipinski definition) is 0. The molecule has 2 aliphatic carbocycles. The Hall–Kier alpha value is -2.36. The molecule has 0 heterocycles.